The second-order valence-corrected chi connectivity index (χ2v) is 7.70. The van der Waals surface area contributed by atoms with Crippen molar-refractivity contribution in [1.29, 1.82) is 0 Å². The summed E-state index contributed by atoms with van der Waals surface area (Å²) in [7, 11) is 0. The minimum Gasteiger partial charge on any atom is -0.508 e. The first-order valence-electron chi connectivity index (χ1n) is 8.31. The Morgan fingerprint density at radius 2 is 1.92 bits per heavy atom. The lowest BCUT2D eigenvalue weighted by Crippen LogP contribution is -2.28. The number of rotatable bonds is 4. The molecule has 1 N–H and O–H groups in total. The molecule has 1 fully saturated rings. The maximum Gasteiger partial charge on any atom is 0.269 e. The van der Waals surface area contributed by atoms with E-state index in [4.69, 9.17) is 0 Å². The van der Waals surface area contributed by atoms with Crippen LogP contribution >= 0.6 is 11.8 Å². The summed E-state index contributed by atoms with van der Waals surface area (Å²) in [5.41, 5.74) is 3.24. The van der Waals surface area contributed by atoms with Gasteiger partial charge in [0.05, 0.1) is 10.7 Å². The quantitative estimate of drug-likeness (QED) is 0.630. The third kappa shape index (κ3) is 3.26. The summed E-state index contributed by atoms with van der Waals surface area (Å²) in [6, 6.07) is 9.87. The van der Waals surface area contributed by atoms with Crippen LogP contribution in [0.3, 0.4) is 0 Å². The second-order valence-electron chi connectivity index (χ2n) is 6.63. The topological polar surface area (TPSA) is 83.7 Å². The minimum absolute atomic E-state index is 0.0122. The number of aromatic hydroxyl groups is 1. The summed E-state index contributed by atoms with van der Waals surface area (Å²) in [5, 5.41) is 20.8. The summed E-state index contributed by atoms with van der Waals surface area (Å²) in [5.74, 6) is 0.686. The average Bonchev–Trinajstić information content (AvgIpc) is 2.96. The molecular weight excluding hydrogens is 352 g/mol. The lowest BCUT2D eigenvalue weighted by molar-refractivity contribution is -0.384. The highest BCUT2D eigenvalue weighted by molar-refractivity contribution is 8.00. The van der Waals surface area contributed by atoms with Crippen LogP contribution in [0.4, 0.5) is 11.4 Å². The number of hydrogen-bond donors (Lipinski definition) is 1. The largest absolute Gasteiger partial charge is 0.508 e. The Labute approximate surface area is 156 Å². The number of nitrogens with zero attached hydrogens (tertiary/aromatic N) is 2. The number of nitro benzene ring substituents is 1. The Hall–Kier alpha value is -2.54. The van der Waals surface area contributed by atoms with Crippen molar-refractivity contribution in [2.75, 3.05) is 10.7 Å². The van der Waals surface area contributed by atoms with E-state index in [0.29, 0.717) is 5.75 Å². The highest BCUT2D eigenvalue weighted by Gasteiger charge is 2.35. The lowest BCUT2D eigenvalue weighted by Gasteiger charge is -2.27. The van der Waals surface area contributed by atoms with Crippen LogP contribution in [0, 0.1) is 17.0 Å². The number of carbonyl (C=O) groups is 1. The Morgan fingerprint density at radius 3 is 2.50 bits per heavy atom. The number of aryl methyl sites for hydroxylation is 1. The molecular formula is C19H20N2O4S. The molecule has 136 valence electrons. The first kappa shape index (κ1) is 18.3. The van der Waals surface area contributed by atoms with Crippen molar-refractivity contribution in [3.05, 3.63) is 63.2 Å². The van der Waals surface area contributed by atoms with Gasteiger partial charge in [-0.3, -0.25) is 19.8 Å². The van der Waals surface area contributed by atoms with Gasteiger partial charge in [-0.15, -0.1) is 11.8 Å². The van der Waals surface area contributed by atoms with Crippen LogP contribution in [0.5, 0.6) is 5.75 Å². The Morgan fingerprint density at radius 1 is 1.27 bits per heavy atom. The van der Waals surface area contributed by atoms with Crippen molar-refractivity contribution in [1.82, 2.24) is 0 Å². The summed E-state index contributed by atoms with van der Waals surface area (Å²) < 4.78 is 0. The van der Waals surface area contributed by atoms with Crippen molar-refractivity contribution >= 4 is 29.0 Å². The van der Waals surface area contributed by atoms with Crippen molar-refractivity contribution in [3.63, 3.8) is 0 Å². The maximum atomic E-state index is 12.6. The number of carbonyl (C=O) groups excluding carboxylic acids is 1. The number of non-ortho nitro benzene ring substituents is 1. The number of anilines is 1. The van der Waals surface area contributed by atoms with Crippen LogP contribution in [0.2, 0.25) is 0 Å². The van der Waals surface area contributed by atoms with Crippen molar-refractivity contribution in [3.8, 4) is 5.75 Å². The van der Waals surface area contributed by atoms with E-state index in [1.54, 1.807) is 23.1 Å². The smallest absolute Gasteiger partial charge is 0.269 e. The fourth-order valence-electron chi connectivity index (χ4n) is 3.11. The number of nitro groups is 1. The van der Waals surface area contributed by atoms with Gasteiger partial charge in [0.15, 0.2) is 0 Å². The van der Waals surface area contributed by atoms with E-state index in [2.05, 4.69) is 0 Å². The van der Waals surface area contributed by atoms with E-state index < -0.39 is 4.92 Å². The van der Waals surface area contributed by atoms with Gasteiger partial charge in [-0.25, -0.2) is 0 Å². The molecule has 7 heteroatoms. The van der Waals surface area contributed by atoms with Gasteiger partial charge in [-0.1, -0.05) is 13.8 Å². The van der Waals surface area contributed by atoms with Crippen LogP contribution in [-0.4, -0.2) is 21.7 Å². The van der Waals surface area contributed by atoms with E-state index in [1.807, 2.05) is 26.8 Å². The molecule has 6 nitrogen and oxygen atoms in total. The molecule has 1 heterocycles. The molecule has 1 aliphatic rings. The van der Waals surface area contributed by atoms with E-state index >= 15 is 0 Å². The van der Waals surface area contributed by atoms with Gasteiger partial charge < -0.3 is 5.11 Å². The zero-order chi connectivity index (χ0) is 19.0. The Balaban J connectivity index is 2.03. The molecule has 2 aromatic rings. The van der Waals surface area contributed by atoms with Gasteiger partial charge in [-0.05, 0) is 53.8 Å². The van der Waals surface area contributed by atoms with E-state index in [9.17, 15) is 20.0 Å². The summed E-state index contributed by atoms with van der Waals surface area (Å²) in [6.45, 7) is 5.84. The first-order chi connectivity index (χ1) is 12.3. The molecule has 3 rings (SSSR count). The molecule has 26 heavy (non-hydrogen) atoms. The molecule has 0 saturated carbocycles. The number of hydrogen-bond acceptors (Lipinski definition) is 5. The highest BCUT2D eigenvalue weighted by Crippen LogP contribution is 2.44. The number of thioether (sulfide) groups is 1. The second kappa shape index (κ2) is 6.99. The van der Waals surface area contributed by atoms with E-state index in [0.717, 1.165) is 22.4 Å². The molecule has 1 aliphatic heterocycles. The molecule has 1 atom stereocenters. The predicted octanol–water partition coefficient (Wildman–Crippen LogP) is 4.51. The number of benzene rings is 2. The number of phenolic OH excluding ortho intramolecular Hbond substituents is 1. The normalized spacial score (nSPS) is 17.2. The third-order valence-corrected chi connectivity index (χ3v) is 5.70. The molecule has 2 aromatic carbocycles. The van der Waals surface area contributed by atoms with Gasteiger partial charge in [0.2, 0.25) is 5.91 Å². The Bertz CT molecular complexity index is 865. The fraction of sp³-hybridized carbons (Fsp3) is 0.316. The van der Waals surface area contributed by atoms with Gasteiger partial charge in [0, 0.05) is 17.8 Å². The van der Waals surface area contributed by atoms with Crippen LogP contribution in [0.1, 0.15) is 41.8 Å². The molecule has 0 spiro atoms. The molecule has 0 radical (unpaired) electrons. The van der Waals surface area contributed by atoms with Crippen molar-refractivity contribution < 1.29 is 14.8 Å². The van der Waals surface area contributed by atoms with Crippen molar-refractivity contribution in [2.24, 2.45) is 0 Å². The maximum absolute atomic E-state index is 12.6. The molecule has 0 aromatic heterocycles. The molecule has 1 unspecified atom stereocenters. The highest BCUT2D eigenvalue weighted by atomic mass is 32.2. The SMILES string of the molecule is Cc1cc(O)c(C(C)C)cc1N1C(=O)CSC1c1ccc([N+](=O)[O-])cc1. The predicted molar refractivity (Wildman–Crippen MR) is 103 cm³/mol. The molecule has 0 bridgehead atoms. The summed E-state index contributed by atoms with van der Waals surface area (Å²) in [6.07, 6.45) is 0. The van der Waals surface area contributed by atoms with Gasteiger partial charge in [-0.2, -0.15) is 0 Å². The zero-order valence-electron chi connectivity index (χ0n) is 14.8. The van der Waals surface area contributed by atoms with Crippen LogP contribution in [0.25, 0.3) is 0 Å². The standard InChI is InChI=1S/C19H20N2O4S/c1-11(2)15-9-16(12(3)8-17(15)22)20-18(23)10-26-19(20)13-4-6-14(7-5-13)21(24)25/h4-9,11,19,22H,10H2,1-3H3. The van der Waals surface area contributed by atoms with E-state index in [-0.39, 0.29) is 28.6 Å². The van der Waals surface area contributed by atoms with Crippen LogP contribution in [0.15, 0.2) is 36.4 Å². The van der Waals surface area contributed by atoms with E-state index in [1.165, 1.54) is 23.9 Å². The van der Waals surface area contributed by atoms with Crippen LogP contribution in [-0.2, 0) is 4.79 Å². The monoisotopic (exact) mass is 372 g/mol. The molecule has 1 amide bonds. The van der Waals surface area contributed by atoms with Crippen molar-refractivity contribution in [2.45, 2.75) is 32.1 Å². The molecule has 0 aliphatic carbocycles. The van der Waals surface area contributed by atoms with Gasteiger partial charge in [0.25, 0.3) is 5.69 Å². The summed E-state index contributed by atoms with van der Waals surface area (Å²) in [4.78, 5) is 24.7. The Kier molecular flexibility index (Phi) is 4.91. The fourth-order valence-corrected chi connectivity index (χ4v) is 4.28. The molecule has 1 saturated heterocycles. The number of amides is 1. The summed E-state index contributed by atoms with van der Waals surface area (Å²) >= 11 is 1.49. The lowest BCUT2D eigenvalue weighted by atomic mass is 9.98. The number of phenols is 1. The van der Waals surface area contributed by atoms with Gasteiger partial charge >= 0.3 is 0 Å². The van der Waals surface area contributed by atoms with Gasteiger partial charge in [0.1, 0.15) is 11.1 Å². The zero-order valence-corrected chi connectivity index (χ0v) is 15.6. The minimum atomic E-state index is -0.437. The first-order valence-corrected chi connectivity index (χ1v) is 9.36. The average molecular weight is 372 g/mol. The van der Waals surface area contributed by atoms with Crippen LogP contribution < -0.4 is 4.90 Å². The third-order valence-electron chi connectivity index (χ3n) is 4.48.